The Morgan fingerprint density at radius 3 is 2.53 bits per heavy atom. The normalized spacial score (nSPS) is 15.0. The number of hydrogen-bond acceptors (Lipinski definition) is 6. The van der Waals surface area contributed by atoms with E-state index in [1.807, 2.05) is 54.6 Å². The second-order valence-electron chi connectivity index (χ2n) is 6.91. The number of anilines is 1. The van der Waals surface area contributed by atoms with Crippen LogP contribution in [0.4, 0.5) is 5.69 Å². The van der Waals surface area contributed by atoms with Crippen molar-refractivity contribution < 1.29 is 14.2 Å². The van der Waals surface area contributed by atoms with Gasteiger partial charge in [0.15, 0.2) is 11.5 Å². The topological polar surface area (TPSA) is 104 Å². The molecule has 0 radical (unpaired) electrons. The van der Waals surface area contributed by atoms with Gasteiger partial charge in [-0.1, -0.05) is 42.5 Å². The van der Waals surface area contributed by atoms with Crippen LogP contribution in [-0.2, 0) is 6.61 Å². The van der Waals surface area contributed by atoms with Crippen LogP contribution in [0.2, 0.25) is 0 Å². The number of ether oxygens (including phenoxy) is 3. The van der Waals surface area contributed by atoms with Crippen LogP contribution in [-0.4, -0.2) is 7.11 Å². The molecular formula is C24H21N3O3. The van der Waals surface area contributed by atoms with Gasteiger partial charge in [-0.05, 0) is 29.3 Å². The van der Waals surface area contributed by atoms with Crippen LogP contribution in [0.15, 0.2) is 78.2 Å². The molecule has 1 aliphatic heterocycles. The predicted molar refractivity (Wildman–Crippen MR) is 114 cm³/mol. The van der Waals surface area contributed by atoms with E-state index >= 15 is 0 Å². The summed E-state index contributed by atoms with van der Waals surface area (Å²) in [7, 11) is 1.59. The number of methoxy groups -OCH3 is 1. The van der Waals surface area contributed by atoms with Crippen molar-refractivity contribution in [2.45, 2.75) is 12.5 Å². The molecule has 0 saturated heterocycles. The Morgan fingerprint density at radius 1 is 1.00 bits per heavy atom. The first kappa shape index (κ1) is 19.2. The average molecular weight is 399 g/mol. The van der Waals surface area contributed by atoms with Gasteiger partial charge in [0.2, 0.25) is 5.88 Å². The molecule has 4 N–H and O–H groups in total. The number of nitrogen functional groups attached to an aromatic ring is 1. The van der Waals surface area contributed by atoms with Gasteiger partial charge in [0.1, 0.15) is 24.0 Å². The quantitative estimate of drug-likeness (QED) is 0.627. The van der Waals surface area contributed by atoms with Crippen LogP contribution >= 0.6 is 0 Å². The lowest BCUT2D eigenvalue weighted by molar-refractivity contribution is 0.284. The van der Waals surface area contributed by atoms with Gasteiger partial charge in [-0.2, -0.15) is 5.26 Å². The van der Waals surface area contributed by atoms with Gasteiger partial charge in [-0.3, -0.25) is 0 Å². The summed E-state index contributed by atoms with van der Waals surface area (Å²) in [5, 5.41) is 9.75. The van der Waals surface area contributed by atoms with E-state index in [0.29, 0.717) is 35.1 Å². The first-order valence-electron chi connectivity index (χ1n) is 9.42. The van der Waals surface area contributed by atoms with Crippen molar-refractivity contribution in [3.05, 3.63) is 94.9 Å². The van der Waals surface area contributed by atoms with Crippen LogP contribution in [0.25, 0.3) is 0 Å². The van der Waals surface area contributed by atoms with Crippen molar-refractivity contribution >= 4 is 5.69 Å². The number of fused-ring (bicyclic) bond motifs is 1. The van der Waals surface area contributed by atoms with Crippen LogP contribution < -0.4 is 25.7 Å². The number of benzene rings is 3. The summed E-state index contributed by atoms with van der Waals surface area (Å²) in [4.78, 5) is 0. The van der Waals surface area contributed by atoms with Crippen LogP contribution in [0.1, 0.15) is 22.6 Å². The zero-order valence-electron chi connectivity index (χ0n) is 16.5. The van der Waals surface area contributed by atoms with E-state index in [-0.39, 0.29) is 5.88 Å². The summed E-state index contributed by atoms with van der Waals surface area (Å²) in [6.07, 6.45) is 0. The monoisotopic (exact) mass is 399 g/mol. The third-order valence-corrected chi connectivity index (χ3v) is 5.00. The van der Waals surface area contributed by atoms with Crippen LogP contribution in [0.5, 0.6) is 17.2 Å². The Balaban J connectivity index is 1.75. The number of hydrogen-bond donors (Lipinski definition) is 2. The summed E-state index contributed by atoms with van der Waals surface area (Å²) in [6, 6.07) is 23.0. The van der Waals surface area contributed by atoms with Crippen molar-refractivity contribution in [1.82, 2.24) is 0 Å². The van der Waals surface area contributed by atoms with E-state index in [4.69, 9.17) is 25.7 Å². The fraction of sp³-hybridized carbons (Fsp3) is 0.125. The summed E-state index contributed by atoms with van der Waals surface area (Å²) < 4.78 is 17.2. The molecule has 0 unspecified atom stereocenters. The van der Waals surface area contributed by atoms with Gasteiger partial charge in [-0.25, -0.2) is 0 Å². The smallest absolute Gasteiger partial charge is 0.205 e. The molecule has 0 fully saturated rings. The molecule has 1 aliphatic rings. The maximum atomic E-state index is 9.75. The highest BCUT2D eigenvalue weighted by molar-refractivity contribution is 5.60. The van der Waals surface area contributed by atoms with Crippen molar-refractivity contribution in [1.29, 1.82) is 5.26 Å². The minimum absolute atomic E-state index is 0.0724. The first-order chi connectivity index (χ1) is 14.6. The third kappa shape index (κ3) is 3.61. The maximum Gasteiger partial charge on any atom is 0.205 e. The van der Waals surface area contributed by atoms with Gasteiger partial charge < -0.3 is 25.7 Å². The first-order valence-corrected chi connectivity index (χ1v) is 9.42. The lowest BCUT2D eigenvalue weighted by Gasteiger charge is -2.27. The molecule has 30 heavy (non-hydrogen) atoms. The number of nitrogens with two attached hydrogens (primary N) is 2. The predicted octanol–water partition coefficient (Wildman–Crippen LogP) is 4.07. The zero-order valence-corrected chi connectivity index (χ0v) is 16.5. The molecule has 150 valence electrons. The lowest BCUT2D eigenvalue weighted by atomic mass is 9.83. The Morgan fingerprint density at radius 2 is 1.80 bits per heavy atom. The van der Waals surface area contributed by atoms with Crippen molar-refractivity contribution in [2.75, 3.05) is 12.8 Å². The molecular weight excluding hydrogens is 378 g/mol. The van der Waals surface area contributed by atoms with Gasteiger partial charge in [0.05, 0.1) is 13.0 Å². The second kappa shape index (κ2) is 8.10. The molecule has 0 aliphatic carbocycles. The van der Waals surface area contributed by atoms with Gasteiger partial charge >= 0.3 is 0 Å². The Bertz CT molecular complexity index is 1150. The van der Waals surface area contributed by atoms with Crippen molar-refractivity contribution in [3.63, 3.8) is 0 Å². The Labute approximate surface area is 174 Å². The van der Waals surface area contributed by atoms with Crippen LogP contribution in [0.3, 0.4) is 0 Å². The molecule has 0 amide bonds. The largest absolute Gasteiger partial charge is 0.493 e. The van der Waals surface area contributed by atoms with Crippen molar-refractivity contribution in [2.24, 2.45) is 5.73 Å². The molecule has 6 nitrogen and oxygen atoms in total. The zero-order chi connectivity index (χ0) is 21.1. The standard InChI is InChI=1S/C24H21N3O3/c1-28-20-10-7-16(11-22(20)29-14-15-5-3-2-4-6-15)23-18-9-8-17(26)12-21(18)30-24(27)19(23)13-25/h2-12,23H,14,26-27H2,1H3/t23-/m1/s1. The molecule has 1 heterocycles. The minimum Gasteiger partial charge on any atom is -0.493 e. The molecule has 1 atom stereocenters. The summed E-state index contributed by atoms with van der Waals surface area (Å²) in [6.45, 7) is 0.393. The number of allylic oxidation sites excluding steroid dienone is 1. The molecule has 0 aromatic heterocycles. The highest BCUT2D eigenvalue weighted by atomic mass is 16.5. The van der Waals surface area contributed by atoms with Gasteiger partial charge in [0.25, 0.3) is 0 Å². The number of nitriles is 1. The van der Waals surface area contributed by atoms with E-state index in [9.17, 15) is 5.26 Å². The minimum atomic E-state index is -0.399. The lowest BCUT2D eigenvalue weighted by Crippen LogP contribution is -2.21. The fourth-order valence-electron chi connectivity index (χ4n) is 3.54. The number of nitrogens with zero attached hydrogens (tertiary/aromatic N) is 1. The molecule has 6 heteroatoms. The second-order valence-corrected chi connectivity index (χ2v) is 6.91. The average Bonchev–Trinajstić information content (AvgIpc) is 2.77. The fourth-order valence-corrected chi connectivity index (χ4v) is 3.54. The highest BCUT2D eigenvalue weighted by Crippen LogP contribution is 2.44. The molecule has 0 bridgehead atoms. The summed E-state index contributed by atoms with van der Waals surface area (Å²) in [5.74, 6) is 1.40. The van der Waals surface area contributed by atoms with E-state index in [1.165, 1.54) is 0 Å². The van der Waals surface area contributed by atoms with E-state index in [1.54, 1.807) is 19.2 Å². The van der Waals surface area contributed by atoms with Crippen molar-refractivity contribution in [3.8, 4) is 23.3 Å². The van der Waals surface area contributed by atoms with Gasteiger partial charge in [-0.15, -0.1) is 0 Å². The van der Waals surface area contributed by atoms with E-state index < -0.39 is 5.92 Å². The van der Waals surface area contributed by atoms with E-state index in [0.717, 1.165) is 16.7 Å². The Kier molecular flexibility index (Phi) is 5.19. The molecule has 4 rings (SSSR count). The van der Waals surface area contributed by atoms with Gasteiger partial charge in [0, 0.05) is 17.3 Å². The maximum absolute atomic E-state index is 9.75. The summed E-state index contributed by atoms with van der Waals surface area (Å²) >= 11 is 0. The van der Waals surface area contributed by atoms with E-state index in [2.05, 4.69) is 6.07 Å². The third-order valence-electron chi connectivity index (χ3n) is 5.00. The summed E-state index contributed by atoms with van der Waals surface area (Å²) in [5.41, 5.74) is 15.5. The highest BCUT2D eigenvalue weighted by Gasteiger charge is 2.31. The Hall–Kier alpha value is -4.11. The molecule has 3 aromatic carbocycles. The number of rotatable bonds is 5. The molecule has 0 spiro atoms. The molecule has 3 aromatic rings. The SMILES string of the molecule is COc1ccc([C@H]2C(C#N)=C(N)Oc3cc(N)ccc32)cc1OCc1ccccc1. The van der Waals surface area contributed by atoms with Crippen LogP contribution in [0, 0.1) is 11.3 Å². The molecule has 0 saturated carbocycles.